The maximum Gasteiger partial charge on any atom is 0.0540 e. The van der Waals surface area contributed by atoms with Crippen molar-refractivity contribution in [2.45, 2.75) is 19.3 Å². The molecule has 0 N–H and O–H groups in total. The summed E-state index contributed by atoms with van der Waals surface area (Å²) in [7, 11) is 0. The Kier molecular flexibility index (Phi) is 8.43. The number of thiophene rings is 1. The first-order valence-electron chi connectivity index (χ1n) is 20.4. The lowest BCUT2D eigenvalue weighted by Gasteiger charge is -2.29. The summed E-state index contributed by atoms with van der Waals surface area (Å²) < 4.78 is 2.64. The van der Waals surface area contributed by atoms with Crippen molar-refractivity contribution in [1.82, 2.24) is 0 Å². The van der Waals surface area contributed by atoms with Crippen molar-refractivity contribution in [2.75, 3.05) is 4.90 Å². The number of hydrogen-bond donors (Lipinski definition) is 0. The first-order valence-corrected chi connectivity index (χ1v) is 21.2. The first-order chi connectivity index (χ1) is 29.0. The lowest BCUT2D eigenvalue weighted by molar-refractivity contribution is 0.660. The standard InChI is InChI=1S/C57H41NS/c1-57(2)51-26-11-8-22-47(51)50-37-41(32-35-52(50)57)44-20-6-7-21-46(44)48-23-9-12-27-53(48)58(43-19-14-18-40(36-43)38-16-4-3-5-17-38)42-33-30-39(31-34-42)45-25-15-29-55-56(45)49-24-10-13-28-54(49)59-55/h3-37H,1-2H3. The van der Waals surface area contributed by atoms with Gasteiger partial charge in [-0.2, -0.15) is 0 Å². The van der Waals surface area contributed by atoms with Crippen LogP contribution in [0.5, 0.6) is 0 Å². The molecule has 0 amide bonds. The molecule has 0 saturated carbocycles. The highest BCUT2D eigenvalue weighted by Crippen LogP contribution is 2.51. The molecule has 1 aliphatic rings. The van der Waals surface area contributed by atoms with Crippen LogP contribution in [0.25, 0.3) is 75.8 Å². The van der Waals surface area contributed by atoms with Crippen LogP contribution < -0.4 is 4.90 Å². The van der Waals surface area contributed by atoms with Gasteiger partial charge in [-0.1, -0.05) is 178 Å². The van der Waals surface area contributed by atoms with Crippen LogP contribution in [0.3, 0.4) is 0 Å². The molecular formula is C57H41NS. The van der Waals surface area contributed by atoms with Gasteiger partial charge in [0.05, 0.1) is 5.69 Å². The molecule has 0 fully saturated rings. The Morgan fingerprint density at radius 1 is 0.356 bits per heavy atom. The summed E-state index contributed by atoms with van der Waals surface area (Å²) in [4.78, 5) is 2.43. The molecule has 0 aliphatic heterocycles. The average Bonchev–Trinajstić information content (AvgIpc) is 3.79. The van der Waals surface area contributed by atoms with Gasteiger partial charge in [-0.3, -0.25) is 0 Å². The fourth-order valence-electron chi connectivity index (χ4n) is 9.44. The fraction of sp³-hybridized carbons (Fsp3) is 0.0526. The number of rotatable bonds is 7. The predicted molar refractivity (Wildman–Crippen MR) is 253 cm³/mol. The lowest BCUT2D eigenvalue weighted by atomic mass is 9.82. The van der Waals surface area contributed by atoms with E-state index in [9.17, 15) is 0 Å². The van der Waals surface area contributed by atoms with E-state index in [1.54, 1.807) is 0 Å². The van der Waals surface area contributed by atoms with Crippen LogP contribution in [-0.4, -0.2) is 0 Å². The second-order valence-electron chi connectivity index (χ2n) is 16.1. The van der Waals surface area contributed by atoms with E-state index in [4.69, 9.17) is 0 Å². The van der Waals surface area contributed by atoms with Crippen molar-refractivity contribution in [3.05, 3.63) is 223 Å². The van der Waals surface area contributed by atoms with Crippen molar-refractivity contribution in [2.24, 2.45) is 0 Å². The summed E-state index contributed by atoms with van der Waals surface area (Å²) in [6, 6.07) is 78.1. The van der Waals surface area contributed by atoms with Crippen molar-refractivity contribution < 1.29 is 0 Å². The minimum Gasteiger partial charge on any atom is -0.310 e. The maximum atomic E-state index is 2.43. The summed E-state index contributed by atoms with van der Waals surface area (Å²) in [5, 5.41) is 2.64. The highest BCUT2D eigenvalue weighted by molar-refractivity contribution is 7.25. The highest BCUT2D eigenvalue weighted by atomic mass is 32.1. The van der Waals surface area contributed by atoms with Gasteiger partial charge < -0.3 is 4.90 Å². The van der Waals surface area contributed by atoms with Gasteiger partial charge in [-0.25, -0.2) is 0 Å². The van der Waals surface area contributed by atoms with Crippen molar-refractivity contribution in [1.29, 1.82) is 0 Å². The SMILES string of the molecule is CC1(C)c2ccccc2-c2cc(-c3ccccc3-c3ccccc3N(c3ccc(-c4cccc5sc6ccccc6c45)cc3)c3cccc(-c4ccccc4)c3)ccc21. The number of nitrogens with zero attached hydrogens (tertiary/aromatic N) is 1. The van der Waals surface area contributed by atoms with Crippen LogP contribution in [0, 0.1) is 0 Å². The van der Waals surface area contributed by atoms with Gasteiger partial charge in [-0.05, 0) is 110 Å². The van der Waals surface area contributed by atoms with Crippen LogP contribution in [0.2, 0.25) is 0 Å². The molecular weight excluding hydrogens is 731 g/mol. The van der Waals surface area contributed by atoms with Crippen molar-refractivity contribution in [3.8, 4) is 55.6 Å². The Morgan fingerprint density at radius 3 is 1.81 bits per heavy atom. The summed E-state index contributed by atoms with van der Waals surface area (Å²) >= 11 is 1.87. The van der Waals surface area contributed by atoms with Gasteiger partial charge in [0, 0.05) is 42.5 Å². The van der Waals surface area contributed by atoms with Crippen LogP contribution in [0.15, 0.2) is 212 Å². The van der Waals surface area contributed by atoms with E-state index in [0.29, 0.717) is 0 Å². The normalized spacial score (nSPS) is 12.7. The molecule has 0 atom stereocenters. The maximum absolute atomic E-state index is 2.43. The molecule has 0 saturated heterocycles. The van der Waals surface area contributed by atoms with Gasteiger partial charge in [0.1, 0.15) is 0 Å². The number of benzene rings is 9. The first kappa shape index (κ1) is 35.2. The molecule has 1 aliphatic carbocycles. The van der Waals surface area contributed by atoms with E-state index in [1.807, 2.05) is 11.3 Å². The molecule has 1 aromatic heterocycles. The zero-order chi connectivity index (χ0) is 39.5. The third kappa shape index (κ3) is 5.91. The van der Waals surface area contributed by atoms with E-state index in [0.717, 1.165) is 17.1 Å². The molecule has 1 nitrogen and oxygen atoms in total. The largest absolute Gasteiger partial charge is 0.310 e. The van der Waals surface area contributed by atoms with E-state index in [-0.39, 0.29) is 5.41 Å². The van der Waals surface area contributed by atoms with E-state index < -0.39 is 0 Å². The van der Waals surface area contributed by atoms with Crippen molar-refractivity contribution >= 4 is 48.6 Å². The Labute approximate surface area is 350 Å². The molecule has 0 bridgehead atoms. The Hall–Kier alpha value is -7.00. The number of anilines is 3. The minimum atomic E-state index is -0.0368. The molecule has 59 heavy (non-hydrogen) atoms. The molecule has 0 radical (unpaired) electrons. The Morgan fingerprint density at radius 2 is 0.966 bits per heavy atom. The second-order valence-corrected chi connectivity index (χ2v) is 17.2. The van der Waals surface area contributed by atoms with Gasteiger partial charge in [-0.15, -0.1) is 11.3 Å². The number of hydrogen-bond acceptors (Lipinski definition) is 2. The van der Waals surface area contributed by atoms with Crippen LogP contribution in [0.1, 0.15) is 25.0 Å². The number of fused-ring (bicyclic) bond motifs is 6. The lowest BCUT2D eigenvalue weighted by Crippen LogP contribution is -2.14. The van der Waals surface area contributed by atoms with Gasteiger partial charge in [0.15, 0.2) is 0 Å². The third-order valence-electron chi connectivity index (χ3n) is 12.3. The summed E-state index contributed by atoms with van der Waals surface area (Å²) in [6.07, 6.45) is 0. The number of para-hydroxylation sites is 1. The van der Waals surface area contributed by atoms with Crippen LogP contribution in [-0.2, 0) is 5.41 Å². The van der Waals surface area contributed by atoms with Gasteiger partial charge >= 0.3 is 0 Å². The molecule has 0 unspecified atom stereocenters. The Balaban J connectivity index is 1.07. The monoisotopic (exact) mass is 771 g/mol. The zero-order valence-corrected chi connectivity index (χ0v) is 33.9. The minimum absolute atomic E-state index is 0.0368. The topological polar surface area (TPSA) is 3.24 Å². The molecule has 11 rings (SSSR count). The third-order valence-corrected chi connectivity index (χ3v) is 13.4. The molecule has 2 heteroatoms. The highest BCUT2D eigenvalue weighted by Gasteiger charge is 2.35. The Bertz CT molecular complexity index is 3190. The predicted octanol–water partition coefficient (Wildman–Crippen LogP) is 16.5. The molecule has 9 aromatic carbocycles. The second kappa shape index (κ2) is 14.1. The average molecular weight is 772 g/mol. The molecule has 10 aromatic rings. The quantitative estimate of drug-likeness (QED) is 0.156. The summed E-state index contributed by atoms with van der Waals surface area (Å²) in [5.41, 5.74) is 18.4. The summed E-state index contributed by atoms with van der Waals surface area (Å²) in [5.74, 6) is 0. The molecule has 0 spiro atoms. The van der Waals surface area contributed by atoms with Crippen molar-refractivity contribution in [3.63, 3.8) is 0 Å². The smallest absolute Gasteiger partial charge is 0.0540 e. The van der Waals surface area contributed by atoms with E-state index in [2.05, 4.69) is 231 Å². The van der Waals surface area contributed by atoms with Crippen LogP contribution >= 0.6 is 11.3 Å². The zero-order valence-electron chi connectivity index (χ0n) is 33.1. The fourth-order valence-corrected chi connectivity index (χ4v) is 10.6. The summed E-state index contributed by atoms with van der Waals surface area (Å²) in [6.45, 7) is 4.69. The van der Waals surface area contributed by atoms with Gasteiger partial charge in [0.2, 0.25) is 0 Å². The van der Waals surface area contributed by atoms with Gasteiger partial charge in [0.25, 0.3) is 0 Å². The molecule has 1 heterocycles. The van der Waals surface area contributed by atoms with E-state index >= 15 is 0 Å². The molecule has 280 valence electrons. The van der Waals surface area contributed by atoms with Crippen LogP contribution in [0.4, 0.5) is 17.1 Å². The van der Waals surface area contributed by atoms with E-state index in [1.165, 1.54) is 86.9 Å².